The van der Waals surface area contributed by atoms with Crippen molar-refractivity contribution in [3.8, 4) is 0 Å². The van der Waals surface area contributed by atoms with E-state index in [2.05, 4.69) is 29.1 Å². The molecular formula is C14H21N3O3. The number of carbonyl (C=O) groups is 1. The minimum atomic E-state index is -1.07. The van der Waals surface area contributed by atoms with Crippen molar-refractivity contribution in [2.45, 2.75) is 51.2 Å². The van der Waals surface area contributed by atoms with Crippen LogP contribution in [0, 0.1) is 0 Å². The average Bonchev–Trinajstić information content (AvgIpc) is 2.47. The summed E-state index contributed by atoms with van der Waals surface area (Å²) in [6.45, 7) is 4.98. The fraction of sp³-hybridized carbons (Fsp3) is 0.643. The molecule has 2 N–H and O–H groups in total. The first kappa shape index (κ1) is 14.7. The lowest BCUT2D eigenvalue weighted by Gasteiger charge is -2.40. The number of carboxylic acid groups (broad SMARTS) is 1. The first-order valence-electron chi connectivity index (χ1n) is 7.04. The maximum Gasteiger partial charge on any atom is 0.356 e. The SMILES string of the molecule is CCC1(CC)CC(Nc2cncc(C(=O)O)n2)CCO1. The van der Waals surface area contributed by atoms with Gasteiger partial charge >= 0.3 is 5.97 Å². The predicted molar refractivity (Wildman–Crippen MR) is 74.9 cm³/mol. The molecule has 0 bridgehead atoms. The van der Waals surface area contributed by atoms with Crippen LogP contribution in [-0.4, -0.2) is 39.3 Å². The van der Waals surface area contributed by atoms with E-state index < -0.39 is 5.97 Å². The zero-order valence-electron chi connectivity index (χ0n) is 11.9. The molecule has 1 aliphatic heterocycles. The van der Waals surface area contributed by atoms with E-state index in [1.54, 1.807) is 6.20 Å². The van der Waals surface area contributed by atoms with Gasteiger partial charge in [0.05, 0.1) is 18.0 Å². The number of nitrogens with zero attached hydrogens (tertiary/aromatic N) is 2. The van der Waals surface area contributed by atoms with Crippen molar-refractivity contribution in [1.82, 2.24) is 9.97 Å². The Morgan fingerprint density at radius 1 is 1.50 bits per heavy atom. The minimum Gasteiger partial charge on any atom is -0.476 e. The molecule has 1 atom stereocenters. The van der Waals surface area contributed by atoms with Crippen molar-refractivity contribution < 1.29 is 14.6 Å². The molecular weight excluding hydrogens is 258 g/mol. The molecule has 1 saturated heterocycles. The van der Waals surface area contributed by atoms with Gasteiger partial charge in [-0.2, -0.15) is 0 Å². The average molecular weight is 279 g/mol. The van der Waals surface area contributed by atoms with Gasteiger partial charge in [0.15, 0.2) is 5.69 Å². The number of rotatable bonds is 5. The van der Waals surface area contributed by atoms with Crippen LogP contribution in [0.25, 0.3) is 0 Å². The third-order valence-electron chi connectivity index (χ3n) is 3.99. The largest absolute Gasteiger partial charge is 0.476 e. The van der Waals surface area contributed by atoms with Crippen LogP contribution >= 0.6 is 0 Å². The van der Waals surface area contributed by atoms with Crippen LogP contribution in [0.2, 0.25) is 0 Å². The van der Waals surface area contributed by atoms with Gasteiger partial charge < -0.3 is 15.2 Å². The summed E-state index contributed by atoms with van der Waals surface area (Å²) >= 11 is 0. The Balaban J connectivity index is 2.06. The van der Waals surface area contributed by atoms with Gasteiger partial charge in [-0.3, -0.25) is 4.98 Å². The number of aromatic nitrogens is 2. The summed E-state index contributed by atoms with van der Waals surface area (Å²) in [4.78, 5) is 18.9. The summed E-state index contributed by atoms with van der Waals surface area (Å²) in [5.41, 5.74) is -0.118. The molecule has 110 valence electrons. The van der Waals surface area contributed by atoms with Crippen molar-refractivity contribution in [2.24, 2.45) is 0 Å². The van der Waals surface area contributed by atoms with E-state index in [1.165, 1.54) is 6.20 Å². The third kappa shape index (κ3) is 3.25. The third-order valence-corrected chi connectivity index (χ3v) is 3.99. The first-order valence-corrected chi connectivity index (χ1v) is 7.04. The number of hydrogen-bond acceptors (Lipinski definition) is 5. The zero-order chi connectivity index (χ0) is 14.6. The molecule has 1 aliphatic rings. The van der Waals surface area contributed by atoms with Crippen molar-refractivity contribution in [3.05, 3.63) is 18.1 Å². The summed E-state index contributed by atoms with van der Waals surface area (Å²) in [5.74, 6) is -0.553. The number of nitrogens with one attached hydrogen (secondary N) is 1. The predicted octanol–water partition coefficient (Wildman–Crippen LogP) is 2.32. The second kappa shape index (κ2) is 6.17. The fourth-order valence-corrected chi connectivity index (χ4v) is 2.64. The van der Waals surface area contributed by atoms with Gasteiger partial charge in [0.2, 0.25) is 0 Å². The highest BCUT2D eigenvalue weighted by Crippen LogP contribution is 2.32. The highest BCUT2D eigenvalue weighted by Gasteiger charge is 2.34. The second-order valence-electron chi connectivity index (χ2n) is 5.17. The van der Waals surface area contributed by atoms with Crippen LogP contribution in [0.1, 0.15) is 50.0 Å². The summed E-state index contributed by atoms with van der Waals surface area (Å²) in [5, 5.41) is 12.2. The van der Waals surface area contributed by atoms with Crippen LogP contribution in [-0.2, 0) is 4.74 Å². The smallest absolute Gasteiger partial charge is 0.356 e. The molecule has 0 aliphatic carbocycles. The Bertz CT molecular complexity index is 474. The highest BCUT2D eigenvalue weighted by atomic mass is 16.5. The minimum absolute atomic E-state index is 0.0423. The molecule has 1 aromatic heterocycles. The van der Waals surface area contributed by atoms with E-state index in [9.17, 15) is 4.79 Å². The maximum atomic E-state index is 10.9. The van der Waals surface area contributed by atoms with Crippen molar-refractivity contribution in [3.63, 3.8) is 0 Å². The van der Waals surface area contributed by atoms with Crippen molar-refractivity contribution in [1.29, 1.82) is 0 Å². The Kier molecular flexibility index (Phi) is 4.54. The molecule has 0 saturated carbocycles. The molecule has 1 unspecified atom stereocenters. The van der Waals surface area contributed by atoms with Crippen molar-refractivity contribution in [2.75, 3.05) is 11.9 Å². The monoisotopic (exact) mass is 279 g/mol. The molecule has 2 rings (SSSR count). The quantitative estimate of drug-likeness (QED) is 0.860. The Hall–Kier alpha value is -1.69. The van der Waals surface area contributed by atoms with E-state index in [-0.39, 0.29) is 17.3 Å². The molecule has 6 heteroatoms. The Morgan fingerprint density at radius 2 is 2.25 bits per heavy atom. The number of anilines is 1. The normalized spacial score (nSPS) is 21.4. The van der Waals surface area contributed by atoms with Crippen LogP contribution < -0.4 is 5.32 Å². The van der Waals surface area contributed by atoms with Gasteiger partial charge in [-0.1, -0.05) is 13.8 Å². The van der Waals surface area contributed by atoms with E-state index in [4.69, 9.17) is 9.84 Å². The fourth-order valence-electron chi connectivity index (χ4n) is 2.64. The summed E-state index contributed by atoms with van der Waals surface area (Å²) in [7, 11) is 0. The zero-order valence-corrected chi connectivity index (χ0v) is 11.9. The van der Waals surface area contributed by atoms with E-state index in [0.29, 0.717) is 12.4 Å². The summed E-state index contributed by atoms with van der Waals surface area (Å²) in [6.07, 6.45) is 6.55. The number of hydrogen-bond donors (Lipinski definition) is 2. The molecule has 20 heavy (non-hydrogen) atoms. The lowest BCUT2D eigenvalue weighted by molar-refractivity contribution is -0.0864. The molecule has 2 heterocycles. The van der Waals surface area contributed by atoms with E-state index in [0.717, 1.165) is 25.7 Å². The Labute approximate surface area is 118 Å². The van der Waals surface area contributed by atoms with Crippen LogP contribution in [0.4, 0.5) is 5.82 Å². The molecule has 0 spiro atoms. The Morgan fingerprint density at radius 3 is 2.90 bits per heavy atom. The van der Waals surface area contributed by atoms with Gasteiger partial charge in [0.25, 0.3) is 0 Å². The molecule has 0 radical (unpaired) electrons. The van der Waals surface area contributed by atoms with Gasteiger partial charge in [-0.15, -0.1) is 0 Å². The van der Waals surface area contributed by atoms with Crippen molar-refractivity contribution >= 4 is 11.8 Å². The number of aromatic carboxylic acids is 1. The summed E-state index contributed by atoms with van der Waals surface area (Å²) < 4.78 is 5.92. The first-order chi connectivity index (χ1) is 9.58. The maximum absolute atomic E-state index is 10.9. The van der Waals surface area contributed by atoms with Crippen LogP contribution in [0.5, 0.6) is 0 Å². The standard InChI is InChI=1S/C14H21N3O3/c1-3-14(4-2)7-10(5-6-20-14)16-12-9-15-8-11(17-12)13(18)19/h8-10H,3-7H2,1-2H3,(H,16,17)(H,18,19). The molecule has 1 aromatic rings. The van der Waals surface area contributed by atoms with Crippen LogP contribution in [0.15, 0.2) is 12.4 Å². The highest BCUT2D eigenvalue weighted by molar-refractivity contribution is 5.85. The van der Waals surface area contributed by atoms with Gasteiger partial charge in [-0.25, -0.2) is 9.78 Å². The molecule has 0 aromatic carbocycles. The lowest BCUT2D eigenvalue weighted by atomic mass is 9.86. The lowest BCUT2D eigenvalue weighted by Crippen LogP contribution is -2.43. The number of ether oxygens (including phenoxy) is 1. The second-order valence-corrected chi connectivity index (χ2v) is 5.17. The van der Waals surface area contributed by atoms with Crippen LogP contribution in [0.3, 0.4) is 0 Å². The molecule has 0 amide bonds. The molecule has 6 nitrogen and oxygen atoms in total. The van der Waals surface area contributed by atoms with E-state index >= 15 is 0 Å². The van der Waals surface area contributed by atoms with Gasteiger partial charge in [-0.05, 0) is 25.7 Å². The van der Waals surface area contributed by atoms with Gasteiger partial charge in [0, 0.05) is 12.6 Å². The summed E-state index contributed by atoms with van der Waals surface area (Å²) in [6, 6.07) is 0.238. The topological polar surface area (TPSA) is 84.3 Å². The molecule has 1 fully saturated rings. The van der Waals surface area contributed by atoms with E-state index in [1.807, 2.05) is 0 Å². The number of carboxylic acids is 1. The van der Waals surface area contributed by atoms with Gasteiger partial charge in [0.1, 0.15) is 5.82 Å².